The first-order chi connectivity index (χ1) is 16.0. The van der Waals surface area contributed by atoms with Crippen LogP contribution in [-0.2, 0) is 9.53 Å². The molecule has 172 valence electrons. The first kappa shape index (κ1) is 22.5. The highest BCUT2D eigenvalue weighted by Gasteiger charge is 2.31. The van der Waals surface area contributed by atoms with Gasteiger partial charge in [0.05, 0.1) is 12.2 Å². The highest BCUT2D eigenvalue weighted by atomic mass is 16.5. The molecule has 1 aliphatic heterocycles. The summed E-state index contributed by atoms with van der Waals surface area (Å²) in [7, 11) is 0. The molecule has 1 N–H and O–H groups in total. The molecular weight excluding hydrogens is 422 g/mol. The molecule has 0 spiro atoms. The average Bonchev–Trinajstić information content (AvgIpc) is 3.25. The molecule has 4 rings (SSSR count). The summed E-state index contributed by atoms with van der Waals surface area (Å²) in [4.78, 5) is 33.8. The van der Waals surface area contributed by atoms with E-state index >= 15 is 0 Å². The van der Waals surface area contributed by atoms with Gasteiger partial charge in [-0.05, 0) is 31.5 Å². The van der Waals surface area contributed by atoms with Crippen LogP contribution in [-0.4, -0.2) is 59.7 Å². The molecule has 0 bridgehead atoms. The fourth-order valence-electron chi connectivity index (χ4n) is 3.90. The summed E-state index contributed by atoms with van der Waals surface area (Å²) in [6.45, 7) is 6.63. The van der Waals surface area contributed by atoms with Crippen LogP contribution < -0.4 is 10.2 Å². The van der Waals surface area contributed by atoms with Gasteiger partial charge in [0, 0.05) is 38.4 Å². The number of amides is 1. The van der Waals surface area contributed by atoms with Crippen molar-refractivity contribution in [3.05, 3.63) is 71.6 Å². The second kappa shape index (κ2) is 10.3. The molecule has 3 heterocycles. The fourth-order valence-corrected chi connectivity index (χ4v) is 3.90. The van der Waals surface area contributed by atoms with E-state index in [1.165, 1.54) is 0 Å². The molecule has 9 nitrogen and oxygen atoms in total. The zero-order valence-electron chi connectivity index (χ0n) is 18.7. The van der Waals surface area contributed by atoms with E-state index in [1.54, 1.807) is 32.2 Å². The normalized spacial score (nSPS) is 15.2. The standard InChI is InChI=1S/C24H27N5O4/c1-3-32-24(31)19-9-10-21(25-16-19)28-11-13-29(14-12-28)22(18-7-5-4-6-8-18)23(30)26-20-15-17(2)33-27-20/h4-10,15-16,22H,3,11-14H2,1-2H3,(H,26,27,30). The van der Waals surface area contributed by atoms with E-state index in [4.69, 9.17) is 9.26 Å². The Kier molecular flexibility index (Phi) is 6.99. The first-order valence-corrected chi connectivity index (χ1v) is 11.0. The second-order valence-corrected chi connectivity index (χ2v) is 7.77. The molecule has 0 aliphatic carbocycles. The van der Waals surface area contributed by atoms with Crippen molar-refractivity contribution in [3.63, 3.8) is 0 Å². The maximum atomic E-state index is 13.2. The Morgan fingerprint density at radius 2 is 1.88 bits per heavy atom. The van der Waals surface area contributed by atoms with Crippen LogP contribution in [0.2, 0.25) is 0 Å². The third-order valence-electron chi connectivity index (χ3n) is 5.51. The van der Waals surface area contributed by atoms with Crippen molar-refractivity contribution in [1.82, 2.24) is 15.0 Å². The Labute approximate surface area is 192 Å². The van der Waals surface area contributed by atoms with Crippen molar-refractivity contribution in [2.24, 2.45) is 0 Å². The maximum Gasteiger partial charge on any atom is 0.339 e. The molecule has 1 fully saturated rings. The fraction of sp³-hybridized carbons (Fsp3) is 0.333. The number of aromatic nitrogens is 2. The molecule has 1 aliphatic rings. The SMILES string of the molecule is CCOC(=O)c1ccc(N2CCN(C(C(=O)Nc3cc(C)on3)c3ccccc3)CC2)nc1. The minimum absolute atomic E-state index is 0.153. The highest BCUT2D eigenvalue weighted by molar-refractivity contribution is 5.94. The lowest BCUT2D eigenvalue weighted by atomic mass is 10.0. The van der Waals surface area contributed by atoms with Gasteiger partial charge in [-0.2, -0.15) is 0 Å². The van der Waals surface area contributed by atoms with Crippen molar-refractivity contribution < 1.29 is 18.8 Å². The zero-order valence-corrected chi connectivity index (χ0v) is 18.7. The Balaban J connectivity index is 1.44. The van der Waals surface area contributed by atoms with Gasteiger partial charge in [0.15, 0.2) is 5.82 Å². The van der Waals surface area contributed by atoms with E-state index in [0.29, 0.717) is 49.9 Å². The maximum absolute atomic E-state index is 13.2. The van der Waals surface area contributed by atoms with Gasteiger partial charge in [0.25, 0.3) is 0 Å². The molecule has 1 saturated heterocycles. The number of anilines is 2. The number of carbonyl (C=O) groups excluding carboxylic acids is 2. The number of esters is 1. The number of piperazine rings is 1. The Morgan fingerprint density at radius 3 is 2.48 bits per heavy atom. The van der Waals surface area contributed by atoms with Gasteiger partial charge in [-0.25, -0.2) is 9.78 Å². The number of aryl methyl sites for hydroxylation is 1. The van der Waals surface area contributed by atoms with E-state index in [0.717, 1.165) is 11.4 Å². The molecule has 3 aromatic rings. The Morgan fingerprint density at radius 1 is 1.12 bits per heavy atom. The number of hydrogen-bond acceptors (Lipinski definition) is 8. The summed E-state index contributed by atoms with van der Waals surface area (Å²) >= 11 is 0. The van der Waals surface area contributed by atoms with Gasteiger partial charge < -0.3 is 19.5 Å². The van der Waals surface area contributed by atoms with Crippen LogP contribution in [0.1, 0.15) is 34.6 Å². The van der Waals surface area contributed by atoms with Gasteiger partial charge in [-0.1, -0.05) is 35.5 Å². The molecule has 1 amide bonds. The monoisotopic (exact) mass is 449 g/mol. The van der Waals surface area contributed by atoms with Crippen LogP contribution in [0.4, 0.5) is 11.6 Å². The van der Waals surface area contributed by atoms with E-state index in [1.807, 2.05) is 36.4 Å². The molecule has 0 saturated carbocycles. The van der Waals surface area contributed by atoms with Crippen LogP contribution in [0.5, 0.6) is 0 Å². The lowest BCUT2D eigenvalue weighted by molar-refractivity contribution is -0.121. The third kappa shape index (κ3) is 5.38. The molecule has 1 atom stereocenters. The highest BCUT2D eigenvalue weighted by Crippen LogP contribution is 2.25. The Bertz CT molecular complexity index is 1080. The summed E-state index contributed by atoms with van der Waals surface area (Å²) in [5.74, 6) is 1.31. The number of rotatable bonds is 7. The molecule has 1 aromatic carbocycles. The summed E-state index contributed by atoms with van der Waals surface area (Å²) in [6, 6.07) is 14.5. The summed E-state index contributed by atoms with van der Waals surface area (Å²) < 4.78 is 10.1. The van der Waals surface area contributed by atoms with Gasteiger partial charge in [0.2, 0.25) is 5.91 Å². The van der Waals surface area contributed by atoms with E-state index < -0.39 is 6.04 Å². The van der Waals surface area contributed by atoms with Crippen molar-refractivity contribution in [3.8, 4) is 0 Å². The first-order valence-electron chi connectivity index (χ1n) is 11.0. The van der Waals surface area contributed by atoms with Gasteiger partial charge in [-0.3, -0.25) is 9.69 Å². The van der Waals surface area contributed by atoms with Crippen LogP contribution >= 0.6 is 0 Å². The second-order valence-electron chi connectivity index (χ2n) is 7.77. The summed E-state index contributed by atoms with van der Waals surface area (Å²) in [5.41, 5.74) is 1.35. The van der Waals surface area contributed by atoms with Crippen molar-refractivity contribution in [2.75, 3.05) is 43.0 Å². The zero-order chi connectivity index (χ0) is 23.2. The molecule has 33 heavy (non-hydrogen) atoms. The lowest BCUT2D eigenvalue weighted by Crippen LogP contribution is -2.50. The number of nitrogens with one attached hydrogen (secondary N) is 1. The van der Waals surface area contributed by atoms with Gasteiger partial charge in [-0.15, -0.1) is 0 Å². The van der Waals surface area contributed by atoms with Crippen LogP contribution in [0.25, 0.3) is 0 Å². The molecule has 0 radical (unpaired) electrons. The number of benzene rings is 1. The molecule has 9 heteroatoms. The van der Waals surface area contributed by atoms with E-state index in [-0.39, 0.29) is 11.9 Å². The molecule has 2 aromatic heterocycles. The van der Waals surface area contributed by atoms with Crippen molar-refractivity contribution in [2.45, 2.75) is 19.9 Å². The predicted molar refractivity (Wildman–Crippen MR) is 123 cm³/mol. The quantitative estimate of drug-likeness (QED) is 0.550. The third-order valence-corrected chi connectivity index (χ3v) is 5.51. The van der Waals surface area contributed by atoms with Crippen molar-refractivity contribution >= 4 is 23.5 Å². The average molecular weight is 450 g/mol. The minimum atomic E-state index is -0.454. The summed E-state index contributed by atoms with van der Waals surface area (Å²) in [6.07, 6.45) is 1.54. The molecule has 1 unspecified atom stereocenters. The predicted octanol–water partition coefficient (Wildman–Crippen LogP) is 3.06. The molecular formula is C24H27N5O4. The smallest absolute Gasteiger partial charge is 0.339 e. The van der Waals surface area contributed by atoms with E-state index in [2.05, 4.69) is 25.3 Å². The van der Waals surface area contributed by atoms with Crippen LogP contribution in [0.3, 0.4) is 0 Å². The number of hydrogen-bond donors (Lipinski definition) is 1. The van der Waals surface area contributed by atoms with Crippen LogP contribution in [0, 0.1) is 6.92 Å². The number of nitrogens with zero attached hydrogens (tertiary/aromatic N) is 4. The summed E-state index contributed by atoms with van der Waals surface area (Å²) in [5, 5.41) is 6.76. The van der Waals surface area contributed by atoms with Crippen LogP contribution in [0.15, 0.2) is 59.3 Å². The van der Waals surface area contributed by atoms with Gasteiger partial charge in [0.1, 0.15) is 17.6 Å². The largest absolute Gasteiger partial charge is 0.462 e. The van der Waals surface area contributed by atoms with E-state index in [9.17, 15) is 9.59 Å². The lowest BCUT2D eigenvalue weighted by Gasteiger charge is -2.39. The number of pyridine rings is 1. The van der Waals surface area contributed by atoms with Crippen molar-refractivity contribution in [1.29, 1.82) is 0 Å². The minimum Gasteiger partial charge on any atom is -0.462 e. The number of ether oxygens (including phenoxy) is 1. The topological polar surface area (TPSA) is 101 Å². The Hall–Kier alpha value is -3.72. The van der Waals surface area contributed by atoms with Gasteiger partial charge >= 0.3 is 5.97 Å². The number of carbonyl (C=O) groups is 2.